The number of ether oxygens (including phenoxy) is 1. The molecule has 2 aromatic rings. The molecule has 0 N–H and O–H groups in total. The Labute approximate surface area is 83.6 Å². The van der Waals surface area contributed by atoms with Gasteiger partial charge in [-0.25, -0.2) is 0 Å². The summed E-state index contributed by atoms with van der Waals surface area (Å²) in [6, 6.07) is 13.2. The predicted molar refractivity (Wildman–Crippen MR) is 59.4 cm³/mol. The summed E-state index contributed by atoms with van der Waals surface area (Å²) in [7, 11) is 1.67. The monoisotopic (exact) mass is 183 g/mol. The third-order valence-corrected chi connectivity index (χ3v) is 2.20. The molecule has 2 rings (SSSR count). The van der Waals surface area contributed by atoms with Crippen LogP contribution in [-0.2, 0) is 0 Å². The standard InChI is InChI=1S/C13H11O/c1-3-10-4-5-12-9-13(14-2)7-6-11(12)8-10/h3-7,9H,1H2,2H3. The lowest BCUT2D eigenvalue weighted by Gasteiger charge is -2.02. The Bertz CT molecular complexity index is 472. The van der Waals surface area contributed by atoms with Gasteiger partial charge in [-0.15, -0.1) is 0 Å². The van der Waals surface area contributed by atoms with Crippen LogP contribution >= 0.6 is 0 Å². The molecule has 0 aliphatic heterocycles. The van der Waals surface area contributed by atoms with Gasteiger partial charge >= 0.3 is 0 Å². The van der Waals surface area contributed by atoms with Crippen molar-refractivity contribution in [3.05, 3.63) is 48.5 Å². The summed E-state index contributed by atoms with van der Waals surface area (Å²) in [5, 5.41) is 2.22. The number of fused-ring (bicyclic) bond motifs is 1. The first kappa shape index (κ1) is 8.82. The van der Waals surface area contributed by atoms with Gasteiger partial charge in [0.25, 0.3) is 0 Å². The lowest BCUT2D eigenvalue weighted by molar-refractivity contribution is 0.415. The molecule has 0 saturated carbocycles. The second kappa shape index (κ2) is 3.54. The highest BCUT2D eigenvalue weighted by Gasteiger charge is 1.96. The minimum absolute atomic E-state index is 0.872. The van der Waals surface area contributed by atoms with Crippen LogP contribution in [-0.4, -0.2) is 7.11 Å². The van der Waals surface area contributed by atoms with Gasteiger partial charge in [0.1, 0.15) is 5.75 Å². The van der Waals surface area contributed by atoms with Gasteiger partial charge in [0.2, 0.25) is 0 Å². The first-order valence-electron chi connectivity index (χ1n) is 4.46. The summed E-state index contributed by atoms with van der Waals surface area (Å²) >= 11 is 0. The van der Waals surface area contributed by atoms with E-state index >= 15 is 0 Å². The number of hydrogen-bond acceptors (Lipinski definition) is 1. The molecule has 0 atom stereocenters. The lowest BCUT2D eigenvalue weighted by atomic mass is 10.1. The topological polar surface area (TPSA) is 9.23 Å². The second-order valence-corrected chi connectivity index (χ2v) is 3.07. The zero-order valence-corrected chi connectivity index (χ0v) is 8.08. The summed E-state index contributed by atoms with van der Waals surface area (Å²) < 4.78 is 5.14. The van der Waals surface area contributed by atoms with Crippen molar-refractivity contribution in [3.8, 4) is 5.75 Å². The highest BCUT2D eigenvalue weighted by molar-refractivity contribution is 5.85. The van der Waals surface area contributed by atoms with Crippen molar-refractivity contribution >= 4 is 16.8 Å². The van der Waals surface area contributed by atoms with E-state index in [0.717, 1.165) is 22.1 Å². The SMILES string of the molecule is C=Cc1[c]c2ccc(OC)cc2cc1. The summed E-state index contributed by atoms with van der Waals surface area (Å²) in [6.07, 6.45) is 1.80. The average Bonchev–Trinajstić information content (AvgIpc) is 2.27. The highest BCUT2D eigenvalue weighted by atomic mass is 16.5. The Kier molecular flexibility index (Phi) is 2.23. The molecular weight excluding hydrogens is 172 g/mol. The zero-order chi connectivity index (χ0) is 9.97. The maximum Gasteiger partial charge on any atom is 0.119 e. The molecule has 0 aromatic heterocycles. The van der Waals surface area contributed by atoms with Crippen LogP contribution in [0.4, 0.5) is 0 Å². The summed E-state index contributed by atoms with van der Waals surface area (Å²) in [4.78, 5) is 0. The normalized spacial score (nSPS) is 10.1. The fourth-order valence-electron chi connectivity index (χ4n) is 1.42. The van der Waals surface area contributed by atoms with Crippen LogP contribution in [0.25, 0.3) is 16.8 Å². The molecule has 0 aliphatic rings. The first-order valence-corrected chi connectivity index (χ1v) is 4.46. The van der Waals surface area contributed by atoms with E-state index in [1.165, 1.54) is 0 Å². The van der Waals surface area contributed by atoms with Gasteiger partial charge in [0.05, 0.1) is 7.11 Å². The van der Waals surface area contributed by atoms with E-state index in [-0.39, 0.29) is 0 Å². The smallest absolute Gasteiger partial charge is 0.119 e. The fraction of sp³-hybridized carbons (Fsp3) is 0.0769. The van der Waals surface area contributed by atoms with E-state index in [9.17, 15) is 0 Å². The molecular formula is C13H11O. The third kappa shape index (κ3) is 1.49. The van der Waals surface area contributed by atoms with Gasteiger partial charge in [0, 0.05) is 0 Å². The minimum Gasteiger partial charge on any atom is -0.497 e. The van der Waals surface area contributed by atoms with Crippen LogP contribution in [0, 0.1) is 6.07 Å². The van der Waals surface area contributed by atoms with Crippen molar-refractivity contribution in [2.24, 2.45) is 0 Å². The number of hydrogen-bond donors (Lipinski definition) is 0. The van der Waals surface area contributed by atoms with Gasteiger partial charge in [-0.05, 0) is 34.5 Å². The molecule has 0 unspecified atom stereocenters. The number of benzene rings is 2. The lowest BCUT2D eigenvalue weighted by Crippen LogP contribution is -1.82. The molecule has 0 saturated heterocycles. The zero-order valence-electron chi connectivity index (χ0n) is 8.08. The van der Waals surface area contributed by atoms with Crippen molar-refractivity contribution < 1.29 is 4.74 Å². The van der Waals surface area contributed by atoms with Gasteiger partial charge < -0.3 is 4.74 Å². The second-order valence-electron chi connectivity index (χ2n) is 3.07. The van der Waals surface area contributed by atoms with Crippen LogP contribution in [0.2, 0.25) is 0 Å². The van der Waals surface area contributed by atoms with Crippen molar-refractivity contribution in [3.63, 3.8) is 0 Å². The summed E-state index contributed by atoms with van der Waals surface area (Å²) in [5.41, 5.74) is 1.02. The molecule has 2 aromatic carbocycles. The first-order chi connectivity index (χ1) is 6.83. The van der Waals surface area contributed by atoms with Crippen molar-refractivity contribution in [2.75, 3.05) is 7.11 Å². The average molecular weight is 183 g/mol. The van der Waals surface area contributed by atoms with Crippen LogP contribution in [0.5, 0.6) is 5.75 Å². The van der Waals surface area contributed by atoms with E-state index in [2.05, 4.69) is 12.6 Å². The van der Waals surface area contributed by atoms with Crippen LogP contribution in [0.3, 0.4) is 0 Å². The summed E-state index contributed by atoms with van der Waals surface area (Å²) in [5.74, 6) is 0.872. The Balaban J connectivity index is 2.63. The van der Waals surface area contributed by atoms with Crippen molar-refractivity contribution in [1.82, 2.24) is 0 Å². The molecule has 0 spiro atoms. The Hall–Kier alpha value is -1.76. The Morgan fingerprint density at radius 1 is 1.29 bits per heavy atom. The van der Waals surface area contributed by atoms with E-state index in [1.807, 2.05) is 30.3 Å². The van der Waals surface area contributed by atoms with Crippen LogP contribution < -0.4 is 4.74 Å². The molecule has 0 aliphatic carbocycles. The highest BCUT2D eigenvalue weighted by Crippen LogP contribution is 2.21. The molecule has 0 amide bonds. The largest absolute Gasteiger partial charge is 0.497 e. The summed E-state index contributed by atoms with van der Waals surface area (Å²) in [6.45, 7) is 3.72. The minimum atomic E-state index is 0.872. The number of rotatable bonds is 2. The molecule has 1 radical (unpaired) electrons. The molecule has 0 fully saturated rings. The number of methoxy groups -OCH3 is 1. The predicted octanol–water partition coefficient (Wildman–Crippen LogP) is 3.29. The quantitative estimate of drug-likeness (QED) is 0.694. The maximum absolute atomic E-state index is 5.14. The Morgan fingerprint density at radius 3 is 2.86 bits per heavy atom. The van der Waals surface area contributed by atoms with Gasteiger partial charge in [-0.2, -0.15) is 0 Å². The fourth-order valence-corrected chi connectivity index (χ4v) is 1.42. The van der Waals surface area contributed by atoms with Gasteiger partial charge in [0.15, 0.2) is 0 Å². The molecule has 1 heteroatoms. The van der Waals surface area contributed by atoms with E-state index in [4.69, 9.17) is 4.74 Å². The van der Waals surface area contributed by atoms with Crippen LogP contribution in [0.1, 0.15) is 5.56 Å². The molecule has 1 nitrogen and oxygen atoms in total. The van der Waals surface area contributed by atoms with Crippen molar-refractivity contribution in [2.45, 2.75) is 0 Å². The van der Waals surface area contributed by atoms with Crippen molar-refractivity contribution in [1.29, 1.82) is 0 Å². The van der Waals surface area contributed by atoms with Gasteiger partial charge in [-0.1, -0.05) is 30.9 Å². The third-order valence-electron chi connectivity index (χ3n) is 2.20. The van der Waals surface area contributed by atoms with E-state index in [1.54, 1.807) is 13.2 Å². The molecule has 0 bridgehead atoms. The molecule has 0 heterocycles. The van der Waals surface area contributed by atoms with Gasteiger partial charge in [-0.3, -0.25) is 0 Å². The Morgan fingerprint density at radius 2 is 2.14 bits per heavy atom. The maximum atomic E-state index is 5.14. The van der Waals surface area contributed by atoms with E-state index < -0.39 is 0 Å². The van der Waals surface area contributed by atoms with E-state index in [0.29, 0.717) is 0 Å². The van der Waals surface area contributed by atoms with Crippen LogP contribution in [0.15, 0.2) is 36.9 Å². The molecule has 14 heavy (non-hydrogen) atoms. The molecule has 69 valence electrons.